The third-order valence-corrected chi connectivity index (χ3v) is 3.92. The average Bonchev–Trinajstić information content (AvgIpc) is 3.07. The van der Waals surface area contributed by atoms with Gasteiger partial charge in [0.15, 0.2) is 0 Å². The first kappa shape index (κ1) is 32.6. The summed E-state index contributed by atoms with van der Waals surface area (Å²) in [5.41, 5.74) is 3.61. The summed E-state index contributed by atoms with van der Waals surface area (Å²) in [7, 11) is -4.54. The Morgan fingerprint density at radius 1 is 1.10 bits per heavy atom. The molecule has 15 heteroatoms. The summed E-state index contributed by atoms with van der Waals surface area (Å²) in [6.45, 7) is -0.181. The zero-order valence-electron chi connectivity index (χ0n) is 16.8. The predicted molar refractivity (Wildman–Crippen MR) is 92.8 cm³/mol. The predicted octanol–water partition coefficient (Wildman–Crippen LogP) is -9.48. The summed E-state index contributed by atoms with van der Waals surface area (Å²) < 4.78 is 32.7. The SMILES string of the molecule is O=C1/C(=N/Nc2cc[c-]cc2)[C-]=NN1c1ccc(S(=O)(=O)[O-])cc1.O=CO[O-].[Na+].[Na+].[Na+]. The molecule has 0 bridgehead atoms. The number of hydrazone groups is 2. The maximum Gasteiger partial charge on any atom is 1.00 e. The van der Waals surface area contributed by atoms with E-state index >= 15 is 0 Å². The van der Waals surface area contributed by atoms with Crippen molar-refractivity contribution < 1.29 is 121 Å². The molecule has 11 nitrogen and oxygen atoms in total. The van der Waals surface area contributed by atoms with Crippen LogP contribution in [-0.2, 0) is 24.6 Å². The molecule has 2 aromatic carbocycles. The first-order valence-electron chi connectivity index (χ1n) is 7.26. The summed E-state index contributed by atoms with van der Waals surface area (Å²) in [5, 5.41) is 17.2. The molecular formula is C16H10N4Na3O7S-. The van der Waals surface area contributed by atoms with Crippen LogP contribution in [0, 0.1) is 6.07 Å². The number of nitrogens with one attached hydrogen (secondary N) is 1. The van der Waals surface area contributed by atoms with Gasteiger partial charge < -0.3 is 24.9 Å². The van der Waals surface area contributed by atoms with Crippen LogP contribution < -0.4 is 104 Å². The zero-order chi connectivity index (χ0) is 20.6. The van der Waals surface area contributed by atoms with Crippen LogP contribution in [0.25, 0.3) is 0 Å². The van der Waals surface area contributed by atoms with E-state index < -0.39 is 16.0 Å². The maximum absolute atomic E-state index is 12.2. The van der Waals surface area contributed by atoms with Gasteiger partial charge in [0.1, 0.15) is 16.0 Å². The van der Waals surface area contributed by atoms with Crippen molar-refractivity contribution in [3.8, 4) is 0 Å². The minimum absolute atomic E-state index is 0. The van der Waals surface area contributed by atoms with Gasteiger partial charge >= 0.3 is 88.7 Å². The van der Waals surface area contributed by atoms with Gasteiger partial charge in [0, 0.05) is 5.69 Å². The van der Waals surface area contributed by atoms with Gasteiger partial charge in [-0.3, -0.25) is 14.9 Å². The fraction of sp³-hybridized carbons (Fsp3) is 0. The monoisotopic (exact) mass is 471 g/mol. The summed E-state index contributed by atoms with van der Waals surface area (Å²) in [5.74, 6) is -0.539. The molecule has 0 spiro atoms. The van der Waals surface area contributed by atoms with Crippen LogP contribution in [0.3, 0.4) is 0 Å². The van der Waals surface area contributed by atoms with Gasteiger partial charge in [-0.2, -0.15) is 18.2 Å². The van der Waals surface area contributed by atoms with Gasteiger partial charge in [-0.1, -0.05) is 11.9 Å². The maximum atomic E-state index is 12.2. The van der Waals surface area contributed by atoms with Gasteiger partial charge in [0.2, 0.25) is 0 Å². The third kappa shape index (κ3) is 10.2. The van der Waals surface area contributed by atoms with Crippen LogP contribution >= 0.6 is 0 Å². The van der Waals surface area contributed by atoms with E-state index in [-0.39, 0.29) is 106 Å². The van der Waals surface area contributed by atoms with E-state index in [2.05, 4.69) is 32.8 Å². The van der Waals surface area contributed by atoms with Crippen molar-refractivity contribution in [2.45, 2.75) is 4.90 Å². The number of rotatable bonds is 5. The minimum Gasteiger partial charge on any atom is -0.744 e. The van der Waals surface area contributed by atoms with E-state index in [1.54, 1.807) is 24.3 Å². The second-order valence-electron chi connectivity index (χ2n) is 4.83. The molecule has 3 rings (SSSR count). The fourth-order valence-corrected chi connectivity index (χ4v) is 2.34. The third-order valence-electron chi connectivity index (χ3n) is 3.08. The van der Waals surface area contributed by atoms with Gasteiger partial charge in [-0.05, 0) is 30.0 Å². The molecule has 0 radical (unpaired) electrons. The summed E-state index contributed by atoms with van der Waals surface area (Å²) in [4.78, 5) is 23.1. The largest absolute Gasteiger partial charge is 1.00 e. The Hall–Kier alpha value is -0.610. The van der Waals surface area contributed by atoms with Gasteiger partial charge in [0.05, 0.1) is 4.90 Å². The second kappa shape index (κ2) is 16.1. The molecule has 0 saturated heterocycles. The van der Waals surface area contributed by atoms with Gasteiger partial charge in [-0.15, -0.1) is 12.1 Å². The molecule has 31 heavy (non-hydrogen) atoms. The number of hydrogen-bond donors (Lipinski definition) is 1. The van der Waals surface area contributed by atoms with Crippen molar-refractivity contribution >= 4 is 45.8 Å². The van der Waals surface area contributed by atoms with Crippen molar-refractivity contribution in [2.24, 2.45) is 10.2 Å². The molecule has 1 N–H and O–H groups in total. The van der Waals surface area contributed by atoms with Crippen LogP contribution in [0.1, 0.15) is 0 Å². The number of benzene rings is 2. The number of amides is 1. The molecule has 0 atom stereocenters. The first-order chi connectivity index (χ1) is 13.4. The molecule has 0 unspecified atom stereocenters. The number of anilines is 2. The molecule has 1 heterocycles. The standard InChI is InChI=1S/C15H10N4O4S.CH2O3.3Na/c20-15-14(18-17-11-4-2-1-3-5-11)10-16-19(15)12-6-8-13(9-7-12)24(21,22)23;2-1-4-3;;;/h2-9,17H,(H,21,22,23);1,3H;;;/q-2;;3*+1/p-2/b18-14+;;;;. The number of nitrogens with zero attached hydrogens (tertiary/aromatic N) is 3. The molecule has 2 aromatic rings. The topological polar surface area (TPSA) is 164 Å². The number of carbonyl (C=O) groups excluding carboxylic acids is 2. The van der Waals surface area contributed by atoms with Crippen LogP contribution in [0.15, 0.2) is 63.6 Å². The quantitative estimate of drug-likeness (QED) is 0.112. The molecule has 1 aliphatic heterocycles. The molecular weight excluding hydrogens is 461 g/mol. The van der Waals surface area contributed by atoms with Crippen molar-refractivity contribution in [3.63, 3.8) is 0 Å². The Labute approximate surface area is 244 Å². The van der Waals surface area contributed by atoms with Gasteiger partial charge in [-0.25, -0.2) is 13.5 Å². The van der Waals surface area contributed by atoms with E-state index in [1.165, 1.54) is 12.1 Å². The Morgan fingerprint density at radius 3 is 2.13 bits per heavy atom. The van der Waals surface area contributed by atoms with E-state index in [1.807, 2.05) is 0 Å². The second-order valence-corrected chi connectivity index (χ2v) is 6.21. The van der Waals surface area contributed by atoms with Crippen molar-refractivity contribution in [2.75, 3.05) is 10.4 Å². The molecule has 1 aliphatic rings. The average molecular weight is 471 g/mol. The van der Waals surface area contributed by atoms with E-state index in [9.17, 15) is 17.8 Å². The molecule has 0 aliphatic carbocycles. The summed E-state index contributed by atoms with van der Waals surface area (Å²) >= 11 is 0. The molecule has 0 saturated carbocycles. The minimum atomic E-state index is -4.54. The van der Waals surface area contributed by atoms with Crippen LogP contribution in [0.4, 0.5) is 11.4 Å². The van der Waals surface area contributed by atoms with Crippen LogP contribution in [0.5, 0.6) is 0 Å². The molecule has 1 amide bonds. The van der Waals surface area contributed by atoms with Crippen molar-refractivity contribution in [1.29, 1.82) is 0 Å². The van der Waals surface area contributed by atoms with Crippen molar-refractivity contribution in [3.05, 3.63) is 54.6 Å². The van der Waals surface area contributed by atoms with E-state index in [0.717, 1.165) is 17.1 Å². The number of hydrogen-bond acceptors (Lipinski definition) is 10. The normalized spacial score (nSPS) is 13.0. The smallest absolute Gasteiger partial charge is 0.744 e. The zero-order valence-corrected chi connectivity index (χ0v) is 23.6. The van der Waals surface area contributed by atoms with Crippen molar-refractivity contribution in [1.82, 2.24) is 0 Å². The molecule has 0 aromatic heterocycles. The van der Waals surface area contributed by atoms with Gasteiger partial charge in [0.25, 0.3) is 6.47 Å². The Morgan fingerprint density at radius 2 is 1.65 bits per heavy atom. The summed E-state index contributed by atoms with van der Waals surface area (Å²) in [6, 6.07) is 14.5. The van der Waals surface area contributed by atoms with Crippen LogP contribution in [0.2, 0.25) is 0 Å². The molecule has 0 fully saturated rings. The van der Waals surface area contributed by atoms with E-state index in [0.29, 0.717) is 11.4 Å². The van der Waals surface area contributed by atoms with E-state index in [4.69, 9.17) is 10.1 Å². The summed E-state index contributed by atoms with van der Waals surface area (Å²) in [6.07, 6.45) is 2.47. The first-order valence-corrected chi connectivity index (χ1v) is 8.67. The Kier molecular flexibility index (Phi) is 16.9. The molecule has 146 valence electrons. The Bertz CT molecular complexity index is 1000. The fourth-order valence-electron chi connectivity index (χ4n) is 1.87. The number of carbonyl (C=O) groups is 2. The Balaban J connectivity index is 0. The van der Waals surface area contributed by atoms with Crippen LogP contribution in [-0.4, -0.2) is 37.3 Å².